The fourth-order valence-corrected chi connectivity index (χ4v) is 2.50. The van der Waals surface area contributed by atoms with Gasteiger partial charge in [0, 0.05) is 23.6 Å². The maximum absolute atomic E-state index is 12.4. The van der Waals surface area contributed by atoms with Crippen molar-refractivity contribution in [3.63, 3.8) is 0 Å². The average Bonchev–Trinajstić information content (AvgIpc) is 2.68. The zero-order valence-electron chi connectivity index (χ0n) is 14.4. The van der Waals surface area contributed by atoms with Gasteiger partial charge in [-0.05, 0) is 30.7 Å². The molecule has 132 valence electrons. The summed E-state index contributed by atoms with van der Waals surface area (Å²) in [4.78, 5) is 20.6. The second-order valence-corrected chi connectivity index (χ2v) is 6.12. The molecule has 1 aromatic heterocycles. The highest BCUT2D eigenvalue weighted by Crippen LogP contribution is 2.20. The van der Waals surface area contributed by atoms with Crippen LogP contribution in [0.25, 0.3) is 0 Å². The molecule has 0 bridgehead atoms. The van der Waals surface area contributed by atoms with E-state index in [-0.39, 0.29) is 12.5 Å². The number of nitrogens with one attached hydrogen (secondary N) is 2. The fourth-order valence-electron chi connectivity index (χ4n) is 2.50. The van der Waals surface area contributed by atoms with Crippen LogP contribution >= 0.6 is 0 Å². The lowest BCUT2D eigenvalue weighted by Crippen LogP contribution is -2.38. The minimum absolute atomic E-state index is 0.109. The lowest BCUT2D eigenvalue weighted by atomic mass is 9.96. The average molecular weight is 348 g/mol. The summed E-state index contributed by atoms with van der Waals surface area (Å²) in [5.41, 5.74) is 0.820. The number of rotatable bonds is 6. The third-order valence-electron chi connectivity index (χ3n) is 3.95. The molecule has 6 nitrogen and oxygen atoms in total. The van der Waals surface area contributed by atoms with Crippen LogP contribution < -0.4 is 10.6 Å². The van der Waals surface area contributed by atoms with Crippen LogP contribution in [-0.4, -0.2) is 27.5 Å². The van der Waals surface area contributed by atoms with E-state index in [1.165, 1.54) is 0 Å². The molecule has 0 saturated heterocycles. The number of benzene rings is 2. The molecule has 0 aliphatic heterocycles. The Morgan fingerprint density at radius 3 is 2.65 bits per heavy atom. The van der Waals surface area contributed by atoms with Crippen LogP contribution in [0, 0.1) is 0 Å². The topological polar surface area (TPSA) is 87.1 Å². The van der Waals surface area contributed by atoms with Gasteiger partial charge in [-0.3, -0.25) is 9.78 Å². The van der Waals surface area contributed by atoms with Crippen LogP contribution in [0.3, 0.4) is 0 Å². The van der Waals surface area contributed by atoms with Crippen molar-refractivity contribution in [2.24, 2.45) is 0 Å². The third-order valence-corrected chi connectivity index (χ3v) is 3.95. The first-order chi connectivity index (χ1) is 12.5. The zero-order valence-corrected chi connectivity index (χ0v) is 14.4. The van der Waals surface area contributed by atoms with Gasteiger partial charge in [-0.25, -0.2) is 4.98 Å². The van der Waals surface area contributed by atoms with Gasteiger partial charge < -0.3 is 15.7 Å². The van der Waals surface area contributed by atoms with E-state index >= 15 is 0 Å². The molecule has 0 saturated carbocycles. The molecule has 1 unspecified atom stereocenters. The van der Waals surface area contributed by atoms with E-state index in [9.17, 15) is 9.90 Å². The molecule has 0 fully saturated rings. The van der Waals surface area contributed by atoms with E-state index in [0.29, 0.717) is 11.4 Å². The molecule has 26 heavy (non-hydrogen) atoms. The number of aliphatic hydroxyl groups is 1. The van der Waals surface area contributed by atoms with E-state index in [1.807, 2.05) is 36.4 Å². The second kappa shape index (κ2) is 7.76. The standard InChI is InChI=1S/C20H20N4O2/c1-20(26,16-7-3-2-4-8-16)14-23-19(25)15-6-5-9-17(12-15)24-18-13-21-10-11-22-18/h2-13,26H,14H2,1H3,(H,22,24)(H,23,25). The third kappa shape index (κ3) is 4.43. The summed E-state index contributed by atoms with van der Waals surface area (Å²) in [5, 5.41) is 16.5. The van der Waals surface area contributed by atoms with Crippen LogP contribution in [0.4, 0.5) is 11.5 Å². The molecule has 6 heteroatoms. The minimum Gasteiger partial charge on any atom is -0.384 e. The van der Waals surface area contributed by atoms with Crippen LogP contribution in [0.15, 0.2) is 73.2 Å². The molecule has 0 radical (unpaired) electrons. The van der Waals surface area contributed by atoms with Gasteiger partial charge in [-0.15, -0.1) is 0 Å². The van der Waals surface area contributed by atoms with E-state index in [1.54, 1.807) is 43.7 Å². The SMILES string of the molecule is CC(O)(CNC(=O)c1cccc(Nc2cnccn2)c1)c1ccccc1. The minimum atomic E-state index is -1.15. The molecular weight excluding hydrogens is 328 g/mol. The number of carbonyl (C=O) groups is 1. The lowest BCUT2D eigenvalue weighted by molar-refractivity contribution is 0.0526. The Bertz CT molecular complexity index is 867. The highest BCUT2D eigenvalue weighted by Gasteiger charge is 2.23. The fraction of sp³-hybridized carbons (Fsp3) is 0.150. The number of nitrogens with zero attached hydrogens (tertiary/aromatic N) is 2. The number of hydrogen-bond donors (Lipinski definition) is 3. The molecule has 1 heterocycles. The summed E-state index contributed by atoms with van der Waals surface area (Å²) >= 11 is 0. The molecular formula is C20H20N4O2. The van der Waals surface area contributed by atoms with Gasteiger partial charge in [-0.2, -0.15) is 0 Å². The van der Waals surface area contributed by atoms with Crippen molar-refractivity contribution in [3.05, 3.63) is 84.3 Å². The summed E-state index contributed by atoms with van der Waals surface area (Å²) < 4.78 is 0. The Morgan fingerprint density at radius 1 is 1.12 bits per heavy atom. The summed E-state index contributed by atoms with van der Waals surface area (Å²) in [6, 6.07) is 16.3. The molecule has 1 amide bonds. The largest absolute Gasteiger partial charge is 0.384 e. The monoisotopic (exact) mass is 348 g/mol. The first-order valence-electron chi connectivity index (χ1n) is 8.24. The summed E-state index contributed by atoms with van der Waals surface area (Å²) in [6.45, 7) is 1.78. The number of amides is 1. The van der Waals surface area contributed by atoms with Gasteiger partial charge in [0.2, 0.25) is 0 Å². The first kappa shape index (κ1) is 17.6. The summed E-state index contributed by atoms with van der Waals surface area (Å²) in [6.07, 6.45) is 4.78. The van der Waals surface area contributed by atoms with Crippen molar-refractivity contribution in [1.29, 1.82) is 0 Å². The Labute approximate surface area is 152 Å². The van der Waals surface area contributed by atoms with Crippen LogP contribution in [-0.2, 0) is 5.60 Å². The van der Waals surface area contributed by atoms with Gasteiger partial charge in [0.25, 0.3) is 5.91 Å². The molecule has 3 N–H and O–H groups in total. The van der Waals surface area contributed by atoms with E-state index in [2.05, 4.69) is 20.6 Å². The summed E-state index contributed by atoms with van der Waals surface area (Å²) in [7, 11) is 0. The summed E-state index contributed by atoms with van der Waals surface area (Å²) in [5.74, 6) is 0.334. The van der Waals surface area contributed by atoms with Crippen LogP contribution in [0.2, 0.25) is 0 Å². The number of hydrogen-bond acceptors (Lipinski definition) is 5. The highest BCUT2D eigenvalue weighted by atomic mass is 16.3. The maximum atomic E-state index is 12.4. The van der Waals surface area contributed by atoms with Gasteiger partial charge in [-0.1, -0.05) is 36.4 Å². The van der Waals surface area contributed by atoms with Gasteiger partial charge in [0.05, 0.1) is 12.7 Å². The van der Waals surface area contributed by atoms with Crippen molar-refractivity contribution in [2.75, 3.05) is 11.9 Å². The zero-order chi connectivity index (χ0) is 18.4. The van der Waals surface area contributed by atoms with Crippen LogP contribution in [0.5, 0.6) is 0 Å². The van der Waals surface area contributed by atoms with Crippen molar-refractivity contribution >= 4 is 17.4 Å². The normalized spacial score (nSPS) is 12.8. The number of anilines is 2. The van der Waals surface area contributed by atoms with Gasteiger partial charge >= 0.3 is 0 Å². The van der Waals surface area contributed by atoms with Gasteiger partial charge in [0.1, 0.15) is 11.4 Å². The second-order valence-electron chi connectivity index (χ2n) is 6.12. The number of carbonyl (C=O) groups excluding carboxylic acids is 1. The lowest BCUT2D eigenvalue weighted by Gasteiger charge is -2.24. The van der Waals surface area contributed by atoms with Crippen molar-refractivity contribution in [1.82, 2.24) is 15.3 Å². The quantitative estimate of drug-likeness (QED) is 0.638. The van der Waals surface area contributed by atoms with E-state index in [4.69, 9.17) is 0 Å². The Hall–Kier alpha value is -3.25. The number of aromatic nitrogens is 2. The first-order valence-corrected chi connectivity index (χ1v) is 8.24. The van der Waals surface area contributed by atoms with E-state index in [0.717, 1.165) is 11.3 Å². The molecule has 0 aliphatic rings. The molecule has 3 rings (SSSR count). The van der Waals surface area contributed by atoms with Crippen molar-refractivity contribution in [3.8, 4) is 0 Å². The van der Waals surface area contributed by atoms with Crippen LogP contribution in [0.1, 0.15) is 22.8 Å². The predicted octanol–water partition coefficient (Wildman–Crippen LogP) is 2.86. The molecule has 3 aromatic rings. The Balaban J connectivity index is 1.66. The predicted molar refractivity (Wildman–Crippen MR) is 100 cm³/mol. The van der Waals surface area contributed by atoms with Crippen molar-refractivity contribution < 1.29 is 9.90 Å². The Morgan fingerprint density at radius 2 is 1.92 bits per heavy atom. The molecule has 0 aliphatic carbocycles. The maximum Gasteiger partial charge on any atom is 0.251 e. The molecule has 0 spiro atoms. The van der Waals surface area contributed by atoms with Crippen molar-refractivity contribution in [2.45, 2.75) is 12.5 Å². The Kier molecular flexibility index (Phi) is 5.24. The molecule has 2 aromatic carbocycles. The molecule has 1 atom stereocenters. The highest BCUT2D eigenvalue weighted by molar-refractivity contribution is 5.95. The smallest absolute Gasteiger partial charge is 0.251 e. The van der Waals surface area contributed by atoms with Gasteiger partial charge in [0.15, 0.2) is 0 Å². The van der Waals surface area contributed by atoms with E-state index < -0.39 is 5.60 Å².